The molecule has 0 fully saturated rings. The third-order valence-electron chi connectivity index (χ3n) is 3.23. The number of nitrogens with two attached hydrogens (primary N) is 1. The zero-order valence-corrected chi connectivity index (χ0v) is 11.7. The highest BCUT2D eigenvalue weighted by Crippen LogP contribution is 2.23. The molecule has 3 nitrogen and oxygen atoms in total. The van der Waals surface area contributed by atoms with Gasteiger partial charge in [0.1, 0.15) is 5.75 Å². The van der Waals surface area contributed by atoms with Crippen LogP contribution in [-0.2, 0) is 6.54 Å². The van der Waals surface area contributed by atoms with Gasteiger partial charge in [0, 0.05) is 25.0 Å². The van der Waals surface area contributed by atoms with Crippen molar-refractivity contribution in [2.75, 3.05) is 24.8 Å². The molecule has 0 amide bonds. The van der Waals surface area contributed by atoms with E-state index < -0.39 is 0 Å². The summed E-state index contributed by atoms with van der Waals surface area (Å²) in [6.07, 6.45) is 0. The van der Waals surface area contributed by atoms with Gasteiger partial charge in [-0.1, -0.05) is 17.7 Å². The van der Waals surface area contributed by atoms with Gasteiger partial charge in [-0.05, 0) is 42.8 Å². The maximum atomic E-state index is 6.01. The molecular formula is C16H20N2O. The summed E-state index contributed by atoms with van der Waals surface area (Å²) in [5.74, 6) is 0.835. The van der Waals surface area contributed by atoms with E-state index in [2.05, 4.69) is 43.1 Å². The highest BCUT2D eigenvalue weighted by Gasteiger charge is 2.06. The SMILES string of the molecule is COc1ccc(N)c(CN(C)c2ccc(C)cc2)c1. The van der Waals surface area contributed by atoms with E-state index in [1.807, 2.05) is 18.2 Å². The van der Waals surface area contributed by atoms with Crippen molar-refractivity contribution in [3.63, 3.8) is 0 Å². The van der Waals surface area contributed by atoms with Crippen LogP contribution in [0.2, 0.25) is 0 Å². The molecule has 19 heavy (non-hydrogen) atoms. The van der Waals surface area contributed by atoms with Crippen LogP contribution in [0.15, 0.2) is 42.5 Å². The molecule has 0 atom stereocenters. The van der Waals surface area contributed by atoms with Crippen molar-refractivity contribution in [2.24, 2.45) is 0 Å². The second-order valence-electron chi connectivity index (χ2n) is 4.76. The van der Waals surface area contributed by atoms with Gasteiger partial charge in [0.25, 0.3) is 0 Å². The number of nitrogens with zero attached hydrogens (tertiary/aromatic N) is 1. The lowest BCUT2D eigenvalue weighted by atomic mass is 10.1. The first-order valence-corrected chi connectivity index (χ1v) is 6.30. The van der Waals surface area contributed by atoms with E-state index in [9.17, 15) is 0 Å². The minimum Gasteiger partial charge on any atom is -0.497 e. The van der Waals surface area contributed by atoms with E-state index in [0.29, 0.717) is 0 Å². The minimum atomic E-state index is 0.756. The van der Waals surface area contributed by atoms with Gasteiger partial charge in [0.2, 0.25) is 0 Å². The molecule has 0 bridgehead atoms. The quantitative estimate of drug-likeness (QED) is 0.854. The molecule has 0 radical (unpaired) electrons. The number of benzene rings is 2. The summed E-state index contributed by atoms with van der Waals surface area (Å²) in [6.45, 7) is 2.84. The standard InChI is InChI=1S/C16H20N2O/c1-12-4-6-14(7-5-12)18(2)11-13-10-15(19-3)8-9-16(13)17/h4-10H,11,17H2,1-3H3. The Balaban J connectivity index is 2.18. The summed E-state index contributed by atoms with van der Waals surface area (Å²) < 4.78 is 5.24. The molecule has 0 heterocycles. The zero-order chi connectivity index (χ0) is 13.8. The fourth-order valence-electron chi connectivity index (χ4n) is 1.99. The van der Waals surface area contributed by atoms with Crippen LogP contribution in [0, 0.1) is 6.92 Å². The maximum Gasteiger partial charge on any atom is 0.119 e. The van der Waals surface area contributed by atoms with Crippen molar-refractivity contribution in [1.29, 1.82) is 0 Å². The summed E-state index contributed by atoms with van der Waals surface area (Å²) in [5.41, 5.74) is 10.3. The monoisotopic (exact) mass is 256 g/mol. The summed E-state index contributed by atoms with van der Waals surface area (Å²) in [6, 6.07) is 14.2. The van der Waals surface area contributed by atoms with Gasteiger partial charge in [0.15, 0.2) is 0 Å². The molecule has 0 aromatic heterocycles. The fourth-order valence-corrected chi connectivity index (χ4v) is 1.99. The van der Waals surface area contributed by atoms with E-state index in [0.717, 1.165) is 23.5 Å². The van der Waals surface area contributed by atoms with Crippen molar-refractivity contribution in [1.82, 2.24) is 0 Å². The molecule has 0 saturated heterocycles. The molecule has 0 aliphatic rings. The predicted molar refractivity (Wildman–Crippen MR) is 80.7 cm³/mol. The van der Waals surface area contributed by atoms with Crippen molar-refractivity contribution < 1.29 is 4.74 Å². The lowest BCUT2D eigenvalue weighted by Gasteiger charge is -2.21. The van der Waals surface area contributed by atoms with Gasteiger partial charge in [-0.2, -0.15) is 0 Å². The van der Waals surface area contributed by atoms with Gasteiger partial charge in [-0.15, -0.1) is 0 Å². The molecule has 2 aromatic carbocycles. The molecule has 0 aliphatic carbocycles. The third kappa shape index (κ3) is 3.19. The van der Waals surface area contributed by atoms with E-state index in [4.69, 9.17) is 10.5 Å². The highest BCUT2D eigenvalue weighted by atomic mass is 16.5. The first kappa shape index (κ1) is 13.3. The summed E-state index contributed by atoms with van der Waals surface area (Å²) in [7, 11) is 3.72. The number of aryl methyl sites for hydroxylation is 1. The number of nitrogen functional groups attached to an aromatic ring is 1. The number of hydrogen-bond acceptors (Lipinski definition) is 3. The predicted octanol–water partition coefficient (Wildman–Crippen LogP) is 3.22. The lowest BCUT2D eigenvalue weighted by Crippen LogP contribution is -2.17. The molecule has 0 unspecified atom stereocenters. The molecular weight excluding hydrogens is 236 g/mol. The first-order valence-electron chi connectivity index (χ1n) is 6.30. The van der Waals surface area contributed by atoms with Gasteiger partial charge < -0.3 is 15.4 Å². The van der Waals surface area contributed by atoms with Crippen LogP contribution < -0.4 is 15.4 Å². The van der Waals surface area contributed by atoms with Gasteiger partial charge in [-0.3, -0.25) is 0 Å². The number of anilines is 2. The van der Waals surface area contributed by atoms with Gasteiger partial charge >= 0.3 is 0 Å². The largest absolute Gasteiger partial charge is 0.497 e. The smallest absolute Gasteiger partial charge is 0.119 e. The molecule has 0 saturated carbocycles. The molecule has 0 spiro atoms. The summed E-state index contributed by atoms with van der Waals surface area (Å²) in [4.78, 5) is 2.17. The Kier molecular flexibility index (Phi) is 3.95. The normalized spacial score (nSPS) is 10.3. The van der Waals surface area contributed by atoms with E-state index >= 15 is 0 Å². The molecule has 2 rings (SSSR count). The van der Waals surface area contributed by atoms with Crippen LogP contribution in [0.4, 0.5) is 11.4 Å². The number of ether oxygens (including phenoxy) is 1. The Hall–Kier alpha value is -2.16. The van der Waals surface area contributed by atoms with Crippen LogP contribution in [0.1, 0.15) is 11.1 Å². The minimum absolute atomic E-state index is 0.756. The summed E-state index contributed by atoms with van der Waals surface area (Å²) >= 11 is 0. The van der Waals surface area contributed by atoms with Gasteiger partial charge in [0.05, 0.1) is 7.11 Å². The van der Waals surface area contributed by atoms with Crippen molar-refractivity contribution >= 4 is 11.4 Å². The topological polar surface area (TPSA) is 38.5 Å². The van der Waals surface area contributed by atoms with Crippen LogP contribution >= 0.6 is 0 Å². The second kappa shape index (κ2) is 5.65. The van der Waals surface area contributed by atoms with Crippen molar-refractivity contribution in [2.45, 2.75) is 13.5 Å². The number of methoxy groups -OCH3 is 1. The molecule has 2 N–H and O–H groups in total. The third-order valence-corrected chi connectivity index (χ3v) is 3.23. The van der Waals surface area contributed by atoms with Crippen molar-refractivity contribution in [3.05, 3.63) is 53.6 Å². The molecule has 3 heteroatoms. The number of hydrogen-bond donors (Lipinski definition) is 1. The Morgan fingerprint density at radius 3 is 2.42 bits per heavy atom. The molecule has 0 aliphatic heterocycles. The van der Waals surface area contributed by atoms with E-state index in [1.165, 1.54) is 11.3 Å². The Morgan fingerprint density at radius 1 is 1.11 bits per heavy atom. The lowest BCUT2D eigenvalue weighted by molar-refractivity contribution is 0.414. The van der Waals surface area contributed by atoms with Crippen molar-refractivity contribution in [3.8, 4) is 5.75 Å². The Bertz CT molecular complexity index is 549. The number of rotatable bonds is 4. The second-order valence-corrected chi connectivity index (χ2v) is 4.76. The van der Waals surface area contributed by atoms with Crippen LogP contribution in [0.5, 0.6) is 5.75 Å². The fraction of sp³-hybridized carbons (Fsp3) is 0.250. The van der Waals surface area contributed by atoms with Crippen LogP contribution in [-0.4, -0.2) is 14.2 Å². The molecule has 2 aromatic rings. The first-order chi connectivity index (χ1) is 9.10. The zero-order valence-electron chi connectivity index (χ0n) is 11.7. The van der Waals surface area contributed by atoms with Crippen LogP contribution in [0.25, 0.3) is 0 Å². The van der Waals surface area contributed by atoms with Crippen LogP contribution in [0.3, 0.4) is 0 Å². The Labute approximate surface area is 114 Å². The Morgan fingerprint density at radius 2 is 1.79 bits per heavy atom. The molecule has 100 valence electrons. The average molecular weight is 256 g/mol. The highest BCUT2D eigenvalue weighted by molar-refractivity contribution is 5.54. The van der Waals surface area contributed by atoms with E-state index in [1.54, 1.807) is 7.11 Å². The average Bonchev–Trinajstić information content (AvgIpc) is 2.42. The maximum absolute atomic E-state index is 6.01. The van der Waals surface area contributed by atoms with Gasteiger partial charge in [-0.25, -0.2) is 0 Å². The van der Waals surface area contributed by atoms with E-state index in [-0.39, 0.29) is 0 Å². The summed E-state index contributed by atoms with van der Waals surface area (Å²) in [5, 5.41) is 0.